The van der Waals surface area contributed by atoms with Crippen LogP contribution < -0.4 is 21.3 Å². The number of fused-ring (bicyclic) bond motifs is 1. The summed E-state index contributed by atoms with van der Waals surface area (Å²) in [5.74, 6) is -1.55. The highest BCUT2D eigenvalue weighted by atomic mass is 32.2. The predicted octanol–water partition coefficient (Wildman–Crippen LogP) is 2.99. The van der Waals surface area contributed by atoms with Crippen molar-refractivity contribution in [1.82, 2.24) is 26.2 Å². The molecule has 274 valence electrons. The molecule has 49 heavy (non-hydrogen) atoms. The maximum atomic E-state index is 14.5. The minimum atomic E-state index is -3.35. The lowest BCUT2D eigenvalue weighted by atomic mass is 9.78. The molecule has 4 saturated carbocycles. The highest BCUT2D eigenvalue weighted by Crippen LogP contribution is 2.65. The minimum Gasteiger partial charge on any atom is -0.347 e. The highest BCUT2D eigenvalue weighted by Gasteiger charge is 2.70. The fourth-order valence-electron chi connectivity index (χ4n) is 9.12. The topological polar surface area (TPSA) is 171 Å². The number of hydrogen-bond donors (Lipinski definition) is 4. The number of sulfone groups is 1. The van der Waals surface area contributed by atoms with Gasteiger partial charge in [-0.2, -0.15) is 0 Å². The Morgan fingerprint density at radius 2 is 1.57 bits per heavy atom. The van der Waals surface area contributed by atoms with E-state index in [2.05, 4.69) is 35.1 Å². The average Bonchev–Trinajstić information content (AvgIpc) is 3.98. The quantitative estimate of drug-likeness (QED) is 0.227. The van der Waals surface area contributed by atoms with Crippen molar-refractivity contribution in [2.75, 3.05) is 12.3 Å². The number of ketones is 1. The first-order valence-corrected chi connectivity index (χ1v) is 20.4. The van der Waals surface area contributed by atoms with Crippen LogP contribution in [0.25, 0.3) is 0 Å². The number of likely N-dealkylation sites (tertiary alicyclic amines) is 1. The maximum absolute atomic E-state index is 14.5. The van der Waals surface area contributed by atoms with Crippen molar-refractivity contribution in [2.45, 2.75) is 153 Å². The fraction of sp³-hybridized carbons (Fsp3) is 0.861. The van der Waals surface area contributed by atoms with E-state index < -0.39 is 67.8 Å². The normalized spacial score (nSPS) is 30.8. The van der Waals surface area contributed by atoms with Crippen LogP contribution >= 0.6 is 0 Å². The second kappa shape index (κ2) is 13.1. The summed E-state index contributed by atoms with van der Waals surface area (Å²) in [5.41, 5.74) is -1.79. The second-order valence-corrected chi connectivity index (χ2v) is 20.0. The highest BCUT2D eigenvalue weighted by molar-refractivity contribution is 7.92. The molecular weight excluding hydrogens is 646 g/mol. The smallest absolute Gasteiger partial charge is 0.315 e. The molecule has 4 aliphatic carbocycles. The zero-order chi connectivity index (χ0) is 35.5. The van der Waals surface area contributed by atoms with E-state index in [0.717, 1.165) is 51.4 Å². The van der Waals surface area contributed by atoms with Gasteiger partial charge in [0.25, 0.3) is 5.91 Å². The van der Waals surface area contributed by atoms with E-state index in [0.29, 0.717) is 44.6 Å². The van der Waals surface area contributed by atoms with Gasteiger partial charge in [-0.1, -0.05) is 66.7 Å². The van der Waals surface area contributed by atoms with E-state index in [1.165, 1.54) is 0 Å². The van der Waals surface area contributed by atoms with Gasteiger partial charge in [-0.05, 0) is 80.0 Å². The number of carbonyl (C=O) groups is 5. The Bertz CT molecular complexity index is 1460. The molecule has 13 heteroatoms. The van der Waals surface area contributed by atoms with E-state index in [-0.39, 0.29) is 35.0 Å². The lowest BCUT2D eigenvalue weighted by Gasteiger charge is -2.43. The second-order valence-electron chi connectivity index (χ2n) is 17.7. The molecule has 0 radical (unpaired) electrons. The Morgan fingerprint density at radius 1 is 0.898 bits per heavy atom. The summed E-state index contributed by atoms with van der Waals surface area (Å²) in [6.45, 7) is 10.1. The van der Waals surface area contributed by atoms with Crippen LogP contribution in [0.2, 0.25) is 0 Å². The van der Waals surface area contributed by atoms with Gasteiger partial charge in [0.1, 0.15) is 12.1 Å². The van der Waals surface area contributed by atoms with Gasteiger partial charge in [0, 0.05) is 12.6 Å². The molecule has 12 nitrogen and oxygen atoms in total. The van der Waals surface area contributed by atoms with Gasteiger partial charge >= 0.3 is 6.03 Å². The van der Waals surface area contributed by atoms with Crippen LogP contribution in [0, 0.1) is 28.6 Å². The van der Waals surface area contributed by atoms with Crippen molar-refractivity contribution in [3.63, 3.8) is 0 Å². The van der Waals surface area contributed by atoms with Gasteiger partial charge in [0.15, 0.2) is 9.84 Å². The van der Waals surface area contributed by atoms with E-state index in [1.54, 1.807) is 4.90 Å². The van der Waals surface area contributed by atoms with Crippen LogP contribution in [0.1, 0.15) is 118 Å². The van der Waals surface area contributed by atoms with Crippen molar-refractivity contribution < 1.29 is 32.4 Å². The lowest BCUT2D eigenvalue weighted by molar-refractivity contribution is -0.145. The number of carbonyl (C=O) groups excluding carboxylic acids is 5. The third-order valence-electron chi connectivity index (χ3n) is 12.5. The van der Waals surface area contributed by atoms with E-state index in [9.17, 15) is 32.4 Å². The summed E-state index contributed by atoms with van der Waals surface area (Å²) in [7, 11) is -3.35. The number of nitrogens with zero attached hydrogens (tertiary/aromatic N) is 1. The van der Waals surface area contributed by atoms with Crippen LogP contribution in [-0.2, 0) is 29.0 Å². The molecule has 5 amide bonds. The number of piperidine rings is 1. The lowest BCUT2D eigenvalue weighted by Crippen LogP contribution is -2.65. The molecule has 0 spiro atoms. The maximum Gasteiger partial charge on any atom is 0.315 e. The predicted molar refractivity (Wildman–Crippen MR) is 184 cm³/mol. The number of urea groups is 1. The number of amides is 5. The first-order chi connectivity index (χ1) is 22.9. The molecule has 4 N–H and O–H groups in total. The van der Waals surface area contributed by atoms with Crippen LogP contribution in [-0.4, -0.2) is 90.1 Å². The molecule has 2 heterocycles. The molecule has 2 saturated heterocycles. The average molecular weight is 704 g/mol. The summed E-state index contributed by atoms with van der Waals surface area (Å²) in [4.78, 5) is 70.1. The molecular formula is C36H57N5O7S. The summed E-state index contributed by atoms with van der Waals surface area (Å²) < 4.78 is 26.1. The first kappa shape index (κ1) is 36.1. The molecule has 6 atom stereocenters. The van der Waals surface area contributed by atoms with Gasteiger partial charge in [0.05, 0.1) is 22.6 Å². The fourth-order valence-corrected chi connectivity index (χ4v) is 11.5. The van der Waals surface area contributed by atoms with Crippen LogP contribution in [0.3, 0.4) is 0 Å². The van der Waals surface area contributed by atoms with Crippen molar-refractivity contribution in [2.24, 2.45) is 28.6 Å². The van der Waals surface area contributed by atoms with Gasteiger partial charge in [0.2, 0.25) is 17.6 Å². The number of rotatable bonds is 12. The van der Waals surface area contributed by atoms with Gasteiger partial charge in [-0.25, -0.2) is 13.2 Å². The van der Waals surface area contributed by atoms with E-state index in [4.69, 9.17) is 0 Å². The Balaban J connectivity index is 1.19. The monoisotopic (exact) mass is 703 g/mol. The van der Waals surface area contributed by atoms with Gasteiger partial charge in [-0.3, -0.25) is 19.2 Å². The molecule has 0 aromatic carbocycles. The largest absolute Gasteiger partial charge is 0.347 e. The number of Topliss-reactive ketones (excluding diaryl/α,β-unsaturated/α-hetero) is 1. The molecule has 1 unspecified atom stereocenters. The Labute approximate surface area is 291 Å². The van der Waals surface area contributed by atoms with Crippen molar-refractivity contribution in [3.8, 4) is 0 Å². The standard InChI is InChI=1S/C36H57N5O7S/c1-34(2,3)29(39-33(46)40-36(17-7-6-8-18-36)25-10-9-19-49(25,47)48)32(45)41-20-23-26(35(23,4)5)27(41)30(43)38-24(16-13-21-11-12-21)28(42)31(44)37-22-14-15-22/h21-27,29H,6-20H2,1-5H3,(H,37,44)(H,38,43)(H2,39,40,46)/t23-,24?,25+,26-,27-,29+/m0/s1. The molecule has 6 fully saturated rings. The summed E-state index contributed by atoms with van der Waals surface area (Å²) in [6, 6.07) is -3.37. The van der Waals surface area contributed by atoms with Gasteiger partial charge in [-0.15, -0.1) is 0 Å². The SMILES string of the molecule is CC(C)(C)[C@H](NC(=O)NC1([C@H]2CCCS2(=O)=O)CCCCC1)C(=O)N1C[C@H]2[C@@H]([C@H]1C(=O)NC(CCC1CC1)C(=O)C(=O)NC1CC1)C2(C)C. The van der Waals surface area contributed by atoms with Gasteiger partial charge < -0.3 is 26.2 Å². The van der Waals surface area contributed by atoms with E-state index in [1.807, 2.05) is 20.8 Å². The number of nitrogens with one attached hydrogen (secondary N) is 4. The van der Waals surface area contributed by atoms with Crippen molar-refractivity contribution in [1.29, 1.82) is 0 Å². The van der Waals surface area contributed by atoms with Crippen LogP contribution in [0.5, 0.6) is 0 Å². The zero-order valence-electron chi connectivity index (χ0n) is 29.9. The van der Waals surface area contributed by atoms with Crippen LogP contribution in [0.15, 0.2) is 0 Å². The first-order valence-electron chi connectivity index (χ1n) is 18.7. The molecule has 2 aliphatic heterocycles. The minimum absolute atomic E-state index is 0.0155. The summed E-state index contributed by atoms with van der Waals surface area (Å²) in [6.07, 6.45) is 9.84. The zero-order valence-corrected chi connectivity index (χ0v) is 30.8. The third-order valence-corrected chi connectivity index (χ3v) is 14.9. The Hall–Kier alpha value is -2.70. The molecule has 0 aromatic rings. The van der Waals surface area contributed by atoms with Crippen molar-refractivity contribution in [3.05, 3.63) is 0 Å². The van der Waals surface area contributed by atoms with Crippen molar-refractivity contribution >= 4 is 39.4 Å². The molecule has 6 rings (SSSR count). The van der Waals surface area contributed by atoms with E-state index >= 15 is 0 Å². The van der Waals surface area contributed by atoms with Crippen LogP contribution in [0.4, 0.5) is 4.79 Å². The summed E-state index contributed by atoms with van der Waals surface area (Å²) >= 11 is 0. The number of hydrogen-bond acceptors (Lipinski definition) is 7. The molecule has 0 aromatic heterocycles. The Kier molecular flexibility index (Phi) is 9.67. The Morgan fingerprint density at radius 3 is 2.14 bits per heavy atom. The third kappa shape index (κ3) is 7.52. The summed E-state index contributed by atoms with van der Waals surface area (Å²) in [5, 5.41) is 11.0. The molecule has 6 aliphatic rings. The molecule has 0 bridgehead atoms.